The summed E-state index contributed by atoms with van der Waals surface area (Å²) in [5.41, 5.74) is 0. The molecular weight excluding hydrogens is 199 g/mol. The molecule has 0 aromatic rings. The molecule has 82 valence electrons. The standard InChI is InChI=1S/C10H19O3P/c1-4-7-10(14-12,8-5-2)9(11)13-6-3/h4-8H2,1-3H3. The summed E-state index contributed by atoms with van der Waals surface area (Å²) < 4.78 is 16.1. The van der Waals surface area contributed by atoms with Gasteiger partial charge in [-0.3, -0.25) is 9.36 Å². The molecule has 0 heterocycles. The Bertz CT molecular complexity index is 186. The molecule has 0 fully saturated rings. The average Bonchev–Trinajstić information content (AvgIpc) is 2.17. The van der Waals surface area contributed by atoms with E-state index in [0.29, 0.717) is 19.4 Å². The molecule has 0 aromatic heterocycles. The van der Waals surface area contributed by atoms with Crippen LogP contribution in [0.3, 0.4) is 0 Å². The van der Waals surface area contributed by atoms with E-state index in [9.17, 15) is 9.36 Å². The molecule has 14 heavy (non-hydrogen) atoms. The average molecular weight is 218 g/mol. The lowest BCUT2D eigenvalue weighted by Crippen LogP contribution is -2.34. The normalized spacial score (nSPS) is 11.6. The van der Waals surface area contributed by atoms with Crippen LogP contribution < -0.4 is 0 Å². The van der Waals surface area contributed by atoms with Crippen molar-refractivity contribution in [1.29, 1.82) is 0 Å². The fourth-order valence-electron chi connectivity index (χ4n) is 1.55. The first-order valence-electron chi connectivity index (χ1n) is 5.18. The van der Waals surface area contributed by atoms with Crippen molar-refractivity contribution in [2.75, 3.05) is 6.61 Å². The van der Waals surface area contributed by atoms with Crippen LogP contribution in [0.25, 0.3) is 0 Å². The predicted molar refractivity (Wildman–Crippen MR) is 56.8 cm³/mol. The largest absolute Gasteiger partial charge is 0.465 e. The number of esters is 1. The van der Waals surface area contributed by atoms with E-state index in [0.717, 1.165) is 12.8 Å². The van der Waals surface area contributed by atoms with E-state index >= 15 is 0 Å². The lowest BCUT2D eigenvalue weighted by atomic mass is 9.97. The van der Waals surface area contributed by atoms with E-state index in [4.69, 9.17) is 4.74 Å². The topological polar surface area (TPSA) is 43.4 Å². The van der Waals surface area contributed by atoms with E-state index in [1.807, 2.05) is 13.8 Å². The first-order chi connectivity index (χ1) is 6.66. The monoisotopic (exact) mass is 218 g/mol. The number of hydrogen-bond donors (Lipinski definition) is 0. The maximum atomic E-state index is 11.6. The molecule has 0 spiro atoms. The maximum absolute atomic E-state index is 11.6. The van der Waals surface area contributed by atoms with Gasteiger partial charge in [-0.15, -0.1) is 0 Å². The molecule has 0 saturated carbocycles. The Morgan fingerprint density at radius 2 is 1.71 bits per heavy atom. The van der Waals surface area contributed by atoms with Gasteiger partial charge < -0.3 is 4.74 Å². The summed E-state index contributed by atoms with van der Waals surface area (Å²) in [6, 6.07) is 0. The van der Waals surface area contributed by atoms with Crippen molar-refractivity contribution in [3.8, 4) is 0 Å². The highest BCUT2D eigenvalue weighted by Gasteiger charge is 2.39. The minimum atomic E-state index is -0.792. The van der Waals surface area contributed by atoms with Crippen molar-refractivity contribution in [1.82, 2.24) is 0 Å². The second kappa shape index (κ2) is 6.94. The Balaban J connectivity index is 4.62. The third-order valence-corrected chi connectivity index (χ3v) is 3.14. The smallest absolute Gasteiger partial charge is 0.323 e. The maximum Gasteiger partial charge on any atom is 0.323 e. The molecule has 4 heteroatoms. The molecule has 0 aliphatic carbocycles. The van der Waals surface area contributed by atoms with Crippen LogP contribution in [-0.4, -0.2) is 17.7 Å². The van der Waals surface area contributed by atoms with Gasteiger partial charge in [0.25, 0.3) is 0 Å². The lowest BCUT2D eigenvalue weighted by Gasteiger charge is -2.23. The van der Waals surface area contributed by atoms with Crippen molar-refractivity contribution in [3.05, 3.63) is 0 Å². The zero-order chi connectivity index (χ0) is 11.0. The molecule has 0 amide bonds. The molecule has 0 aliphatic rings. The minimum Gasteiger partial charge on any atom is -0.465 e. The predicted octanol–water partition coefficient (Wildman–Crippen LogP) is 3.18. The van der Waals surface area contributed by atoms with Crippen molar-refractivity contribution < 1.29 is 14.1 Å². The number of rotatable bonds is 7. The summed E-state index contributed by atoms with van der Waals surface area (Å²) in [7, 11) is -0.106. The van der Waals surface area contributed by atoms with Gasteiger partial charge in [-0.25, -0.2) is 0 Å². The SMILES string of the molecule is CCCC(CCC)(P=O)C(=O)OCC. The Hall–Kier alpha value is -0.430. The summed E-state index contributed by atoms with van der Waals surface area (Å²) in [5.74, 6) is -0.319. The van der Waals surface area contributed by atoms with Crippen LogP contribution in [0.1, 0.15) is 46.5 Å². The van der Waals surface area contributed by atoms with E-state index in [1.165, 1.54) is 0 Å². The van der Waals surface area contributed by atoms with Crippen molar-refractivity contribution in [2.24, 2.45) is 0 Å². The number of carbonyl (C=O) groups is 1. The summed E-state index contributed by atoms with van der Waals surface area (Å²) in [6.07, 6.45) is 2.94. The molecule has 0 N–H and O–H groups in total. The van der Waals surface area contributed by atoms with Gasteiger partial charge in [0.15, 0.2) is 8.46 Å². The van der Waals surface area contributed by atoms with Gasteiger partial charge in [-0.2, -0.15) is 0 Å². The summed E-state index contributed by atoms with van der Waals surface area (Å²) in [6.45, 7) is 6.08. The highest BCUT2D eigenvalue weighted by Crippen LogP contribution is 2.35. The zero-order valence-electron chi connectivity index (χ0n) is 9.21. The fraction of sp³-hybridized carbons (Fsp3) is 0.900. The summed E-state index contributed by atoms with van der Waals surface area (Å²) >= 11 is 0. The highest BCUT2D eigenvalue weighted by molar-refractivity contribution is 7.27. The van der Waals surface area contributed by atoms with E-state index in [1.54, 1.807) is 6.92 Å². The summed E-state index contributed by atoms with van der Waals surface area (Å²) in [4.78, 5) is 11.6. The molecule has 0 aromatic carbocycles. The molecule has 0 bridgehead atoms. The van der Waals surface area contributed by atoms with Gasteiger partial charge in [0.2, 0.25) is 0 Å². The van der Waals surface area contributed by atoms with Gasteiger partial charge in [0.1, 0.15) is 5.16 Å². The minimum absolute atomic E-state index is 0.106. The first-order valence-corrected chi connectivity index (χ1v) is 5.99. The lowest BCUT2D eigenvalue weighted by molar-refractivity contribution is -0.146. The van der Waals surface area contributed by atoms with Crippen molar-refractivity contribution >= 4 is 14.4 Å². The first kappa shape index (κ1) is 13.6. The third kappa shape index (κ3) is 3.38. The van der Waals surface area contributed by atoms with Crippen LogP contribution in [0.4, 0.5) is 0 Å². The van der Waals surface area contributed by atoms with E-state index in [2.05, 4.69) is 0 Å². The molecule has 0 aliphatic heterocycles. The van der Waals surface area contributed by atoms with Crippen LogP contribution >= 0.6 is 8.46 Å². The molecule has 0 radical (unpaired) electrons. The fourth-order valence-corrected chi connectivity index (χ4v) is 2.32. The Morgan fingerprint density at radius 3 is 2.00 bits per heavy atom. The van der Waals surface area contributed by atoms with Crippen LogP contribution in [0, 0.1) is 0 Å². The Labute approximate surface area is 87.4 Å². The Kier molecular flexibility index (Phi) is 6.73. The van der Waals surface area contributed by atoms with Gasteiger partial charge in [0.05, 0.1) is 6.61 Å². The Morgan fingerprint density at radius 1 is 1.21 bits per heavy atom. The highest BCUT2D eigenvalue weighted by atomic mass is 31.1. The van der Waals surface area contributed by atoms with Gasteiger partial charge in [-0.1, -0.05) is 26.7 Å². The van der Waals surface area contributed by atoms with E-state index < -0.39 is 5.16 Å². The number of ether oxygens (including phenoxy) is 1. The molecular formula is C10H19O3P. The van der Waals surface area contributed by atoms with Crippen LogP contribution in [0.15, 0.2) is 0 Å². The number of hydrogen-bond acceptors (Lipinski definition) is 3. The molecule has 0 atom stereocenters. The van der Waals surface area contributed by atoms with Gasteiger partial charge >= 0.3 is 5.97 Å². The summed E-state index contributed by atoms with van der Waals surface area (Å²) in [5, 5.41) is -0.792. The van der Waals surface area contributed by atoms with Crippen molar-refractivity contribution in [2.45, 2.75) is 51.6 Å². The second-order valence-electron chi connectivity index (χ2n) is 3.34. The third-order valence-electron chi connectivity index (χ3n) is 2.16. The molecule has 3 nitrogen and oxygen atoms in total. The van der Waals surface area contributed by atoms with Crippen LogP contribution in [0.5, 0.6) is 0 Å². The van der Waals surface area contributed by atoms with Gasteiger partial charge in [-0.05, 0) is 19.8 Å². The molecule has 0 unspecified atom stereocenters. The second-order valence-corrected chi connectivity index (χ2v) is 4.38. The quantitative estimate of drug-likeness (QED) is 0.487. The molecule has 0 rings (SSSR count). The number of carbonyl (C=O) groups excluding carboxylic acids is 1. The van der Waals surface area contributed by atoms with Crippen LogP contribution in [-0.2, 0) is 14.1 Å². The van der Waals surface area contributed by atoms with Crippen LogP contribution in [0.2, 0.25) is 0 Å². The van der Waals surface area contributed by atoms with E-state index in [-0.39, 0.29) is 14.4 Å². The van der Waals surface area contributed by atoms with Crippen molar-refractivity contribution in [3.63, 3.8) is 0 Å². The molecule has 0 saturated heterocycles. The zero-order valence-corrected chi connectivity index (χ0v) is 10.1. The van der Waals surface area contributed by atoms with Gasteiger partial charge in [0, 0.05) is 0 Å².